The topological polar surface area (TPSA) is 58.5 Å². The highest BCUT2D eigenvalue weighted by atomic mass is 32.1. The molecule has 0 unspecified atom stereocenters. The first-order chi connectivity index (χ1) is 13.8. The summed E-state index contributed by atoms with van der Waals surface area (Å²) in [6.07, 6.45) is 4.03. The van der Waals surface area contributed by atoms with Gasteiger partial charge in [-0.05, 0) is 41.3 Å². The number of nitrogens with zero attached hydrogens (tertiary/aromatic N) is 4. The van der Waals surface area contributed by atoms with Gasteiger partial charge in [-0.3, -0.25) is 14.8 Å². The predicted molar refractivity (Wildman–Crippen MR) is 110 cm³/mol. The molecule has 136 valence electrons. The first-order valence-electron chi connectivity index (χ1n) is 9.00. The number of amides is 1. The molecule has 3 heterocycles. The fourth-order valence-electron chi connectivity index (χ4n) is 3.45. The molecule has 0 saturated heterocycles. The van der Waals surface area contributed by atoms with Crippen molar-refractivity contribution in [3.8, 4) is 0 Å². The number of thiophene rings is 1. The number of hydrogen-bond acceptors (Lipinski definition) is 5. The Bertz CT molecular complexity index is 1170. The Labute approximate surface area is 166 Å². The van der Waals surface area contributed by atoms with Crippen molar-refractivity contribution in [3.63, 3.8) is 0 Å². The summed E-state index contributed by atoms with van der Waals surface area (Å²) < 4.78 is 0. The van der Waals surface area contributed by atoms with Crippen LogP contribution >= 0.6 is 11.3 Å². The fraction of sp³-hybridized carbons (Fsp3) is 0.0909. The Kier molecular flexibility index (Phi) is 4.18. The molecule has 1 aliphatic heterocycles. The van der Waals surface area contributed by atoms with Crippen molar-refractivity contribution in [3.05, 3.63) is 94.4 Å². The van der Waals surface area contributed by atoms with Crippen LogP contribution in [-0.2, 0) is 0 Å². The van der Waals surface area contributed by atoms with Crippen molar-refractivity contribution in [1.29, 1.82) is 0 Å². The third-order valence-corrected chi connectivity index (χ3v) is 5.74. The lowest BCUT2D eigenvalue weighted by Crippen LogP contribution is -2.27. The summed E-state index contributed by atoms with van der Waals surface area (Å²) >= 11 is 1.64. The van der Waals surface area contributed by atoms with Crippen molar-refractivity contribution < 1.29 is 4.79 Å². The zero-order chi connectivity index (χ0) is 18.9. The highest BCUT2D eigenvalue weighted by molar-refractivity contribution is 7.12. The van der Waals surface area contributed by atoms with Crippen LogP contribution in [0.3, 0.4) is 0 Å². The standard InChI is InChI=1S/C22H16N4OS/c27-22(15-5-2-1-3-6-15)26-20(14-19(25-26)21-7-4-12-28-21)16-8-9-17-18(13-16)24-11-10-23-17/h1-13,20H,14H2/t20-/m1/s1. The molecule has 5 nitrogen and oxygen atoms in total. The summed E-state index contributed by atoms with van der Waals surface area (Å²) in [7, 11) is 0. The van der Waals surface area contributed by atoms with E-state index in [2.05, 4.69) is 9.97 Å². The number of fused-ring (bicyclic) bond motifs is 1. The fourth-order valence-corrected chi connectivity index (χ4v) is 4.17. The van der Waals surface area contributed by atoms with Crippen molar-refractivity contribution in [2.24, 2.45) is 5.10 Å². The van der Waals surface area contributed by atoms with Crippen molar-refractivity contribution >= 4 is 34.0 Å². The summed E-state index contributed by atoms with van der Waals surface area (Å²) in [6.45, 7) is 0. The lowest BCUT2D eigenvalue weighted by molar-refractivity contribution is 0.0711. The Morgan fingerprint density at radius 3 is 2.57 bits per heavy atom. The lowest BCUT2D eigenvalue weighted by Gasteiger charge is -2.22. The maximum absolute atomic E-state index is 13.2. The Morgan fingerprint density at radius 2 is 1.79 bits per heavy atom. The van der Waals surface area contributed by atoms with E-state index in [4.69, 9.17) is 5.10 Å². The highest BCUT2D eigenvalue weighted by Gasteiger charge is 2.34. The van der Waals surface area contributed by atoms with E-state index in [1.54, 1.807) is 28.7 Å². The van der Waals surface area contributed by atoms with Crippen molar-refractivity contribution in [1.82, 2.24) is 15.0 Å². The molecule has 28 heavy (non-hydrogen) atoms. The second-order valence-corrected chi connectivity index (χ2v) is 7.51. The van der Waals surface area contributed by atoms with Crippen molar-refractivity contribution in [2.45, 2.75) is 12.5 Å². The van der Waals surface area contributed by atoms with E-state index in [1.807, 2.05) is 66.0 Å². The lowest BCUT2D eigenvalue weighted by atomic mass is 10.00. The molecule has 1 aliphatic rings. The van der Waals surface area contributed by atoms with Gasteiger partial charge in [0, 0.05) is 24.4 Å². The summed E-state index contributed by atoms with van der Waals surface area (Å²) in [5.41, 5.74) is 4.22. The van der Waals surface area contributed by atoms with Gasteiger partial charge < -0.3 is 0 Å². The summed E-state index contributed by atoms with van der Waals surface area (Å²) in [5, 5.41) is 8.36. The van der Waals surface area contributed by atoms with Crippen LogP contribution in [0.4, 0.5) is 0 Å². The SMILES string of the molecule is O=C(c1ccccc1)N1N=C(c2cccs2)C[C@@H]1c1ccc2nccnc2c1. The quantitative estimate of drug-likeness (QED) is 0.515. The molecule has 0 fully saturated rings. The monoisotopic (exact) mass is 384 g/mol. The van der Waals surface area contributed by atoms with Gasteiger partial charge in [-0.1, -0.05) is 30.3 Å². The number of benzene rings is 2. The van der Waals surface area contributed by atoms with Crippen LogP contribution in [0.25, 0.3) is 11.0 Å². The molecular weight excluding hydrogens is 368 g/mol. The molecule has 0 aliphatic carbocycles. The van der Waals surface area contributed by atoms with E-state index in [0.717, 1.165) is 27.2 Å². The van der Waals surface area contributed by atoms with Gasteiger partial charge >= 0.3 is 0 Å². The van der Waals surface area contributed by atoms with Crippen LogP contribution in [-0.4, -0.2) is 26.6 Å². The van der Waals surface area contributed by atoms with Crippen molar-refractivity contribution in [2.75, 3.05) is 0 Å². The van der Waals surface area contributed by atoms with Gasteiger partial charge in [0.15, 0.2) is 0 Å². The third-order valence-electron chi connectivity index (χ3n) is 4.82. The minimum Gasteiger partial charge on any atom is -0.267 e. The molecule has 5 rings (SSSR count). The van der Waals surface area contributed by atoms with Gasteiger partial charge in [-0.15, -0.1) is 11.3 Å². The Balaban J connectivity index is 1.57. The van der Waals surface area contributed by atoms with Crippen LogP contribution in [0.15, 0.2) is 83.5 Å². The van der Waals surface area contributed by atoms with Gasteiger partial charge in [0.05, 0.1) is 27.7 Å². The molecule has 0 bridgehead atoms. The van der Waals surface area contributed by atoms with Crippen LogP contribution in [0.2, 0.25) is 0 Å². The smallest absolute Gasteiger partial charge is 0.267 e. The van der Waals surface area contributed by atoms with Gasteiger partial charge in [0.25, 0.3) is 5.91 Å². The molecule has 0 spiro atoms. The van der Waals surface area contributed by atoms with E-state index in [-0.39, 0.29) is 11.9 Å². The van der Waals surface area contributed by atoms with Crippen LogP contribution < -0.4 is 0 Å². The largest absolute Gasteiger partial charge is 0.274 e. The van der Waals surface area contributed by atoms with Gasteiger partial charge in [0.2, 0.25) is 0 Å². The molecule has 0 N–H and O–H groups in total. The molecule has 1 amide bonds. The zero-order valence-corrected chi connectivity index (χ0v) is 15.7. The van der Waals surface area contributed by atoms with Gasteiger partial charge in [0.1, 0.15) is 0 Å². The minimum atomic E-state index is -0.170. The number of carbonyl (C=O) groups excluding carboxylic acids is 1. The van der Waals surface area contributed by atoms with Gasteiger partial charge in [-0.25, -0.2) is 5.01 Å². The maximum atomic E-state index is 13.2. The highest BCUT2D eigenvalue weighted by Crippen LogP contribution is 2.35. The van der Waals surface area contributed by atoms with Crippen LogP contribution in [0.5, 0.6) is 0 Å². The summed E-state index contributed by atoms with van der Waals surface area (Å²) in [6, 6.07) is 19.1. The molecular formula is C22H16N4OS. The second kappa shape index (κ2) is 6.98. The summed E-state index contributed by atoms with van der Waals surface area (Å²) in [5.74, 6) is -0.101. The Hall–Kier alpha value is -3.38. The van der Waals surface area contributed by atoms with E-state index in [9.17, 15) is 4.79 Å². The number of aromatic nitrogens is 2. The first-order valence-corrected chi connectivity index (χ1v) is 9.88. The second-order valence-electron chi connectivity index (χ2n) is 6.56. The predicted octanol–water partition coefficient (Wildman–Crippen LogP) is 4.68. The average Bonchev–Trinajstić information content (AvgIpc) is 3.43. The minimum absolute atomic E-state index is 0.101. The summed E-state index contributed by atoms with van der Waals surface area (Å²) in [4.78, 5) is 23.0. The van der Waals surface area contributed by atoms with E-state index in [1.165, 1.54) is 0 Å². The molecule has 2 aromatic carbocycles. The van der Waals surface area contributed by atoms with Gasteiger partial charge in [-0.2, -0.15) is 5.10 Å². The molecule has 0 radical (unpaired) electrons. The molecule has 1 atom stereocenters. The third kappa shape index (κ3) is 2.97. The van der Waals surface area contributed by atoms with E-state index < -0.39 is 0 Å². The van der Waals surface area contributed by atoms with E-state index in [0.29, 0.717) is 12.0 Å². The first kappa shape index (κ1) is 16.8. The number of hydrogen-bond donors (Lipinski definition) is 0. The number of hydrazone groups is 1. The van der Waals surface area contributed by atoms with Crippen LogP contribution in [0, 0.1) is 0 Å². The zero-order valence-electron chi connectivity index (χ0n) is 14.9. The van der Waals surface area contributed by atoms with Crippen LogP contribution in [0.1, 0.15) is 33.3 Å². The molecule has 2 aromatic heterocycles. The molecule has 4 aromatic rings. The molecule has 6 heteroatoms. The van der Waals surface area contributed by atoms with E-state index >= 15 is 0 Å². The Morgan fingerprint density at radius 1 is 0.964 bits per heavy atom. The number of rotatable bonds is 3. The normalized spacial score (nSPS) is 16.4. The average molecular weight is 384 g/mol. The maximum Gasteiger partial charge on any atom is 0.274 e. The molecule has 0 saturated carbocycles. The number of carbonyl (C=O) groups is 1.